The summed E-state index contributed by atoms with van der Waals surface area (Å²) in [5, 5.41) is 3.45. The van der Waals surface area contributed by atoms with Gasteiger partial charge in [0.25, 0.3) is 0 Å². The highest BCUT2D eigenvalue weighted by atomic mass is 35.5. The summed E-state index contributed by atoms with van der Waals surface area (Å²) >= 11 is 0. The molecule has 5 heteroatoms. The van der Waals surface area contributed by atoms with Crippen molar-refractivity contribution in [2.75, 3.05) is 26.2 Å². The average Bonchev–Trinajstić information content (AvgIpc) is 3.25. The third kappa shape index (κ3) is 5.82. The third-order valence-corrected chi connectivity index (χ3v) is 4.26. The second kappa shape index (κ2) is 8.57. The van der Waals surface area contributed by atoms with Gasteiger partial charge in [-0.1, -0.05) is 12.1 Å². The molecule has 23 heavy (non-hydrogen) atoms. The fourth-order valence-electron chi connectivity index (χ4n) is 3.24. The van der Waals surface area contributed by atoms with Gasteiger partial charge in [0.2, 0.25) is 0 Å². The molecule has 0 radical (unpaired) electrons. The summed E-state index contributed by atoms with van der Waals surface area (Å²) in [5.74, 6) is 1.83. The molecule has 3 nitrogen and oxygen atoms in total. The molecule has 1 aliphatic carbocycles. The quantitative estimate of drug-likeness (QED) is 0.875. The SMILES string of the molecule is CC(C)(C)Oc1ccc([C@@H](C2CC2)N2CCNCC2)cc1.Cl.Cl. The minimum absolute atomic E-state index is 0. The topological polar surface area (TPSA) is 24.5 Å². The molecule has 1 aromatic carbocycles. The molecule has 0 aromatic heterocycles. The van der Waals surface area contributed by atoms with E-state index in [0.29, 0.717) is 6.04 Å². The molecular formula is C18H30Cl2N2O. The van der Waals surface area contributed by atoms with Crippen molar-refractivity contribution in [1.82, 2.24) is 10.2 Å². The van der Waals surface area contributed by atoms with Gasteiger partial charge < -0.3 is 10.1 Å². The van der Waals surface area contributed by atoms with Gasteiger partial charge in [0, 0.05) is 32.2 Å². The third-order valence-electron chi connectivity index (χ3n) is 4.26. The molecule has 1 saturated heterocycles. The zero-order valence-electron chi connectivity index (χ0n) is 14.4. The summed E-state index contributed by atoms with van der Waals surface area (Å²) in [6.07, 6.45) is 2.77. The second-order valence-electron chi connectivity index (χ2n) is 7.35. The summed E-state index contributed by atoms with van der Waals surface area (Å²) in [6, 6.07) is 9.42. The fourth-order valence-corrected chi connectivity index (χ4v) is 3.24. The van der Waals surface area contributed by atoms with E-state index in [1.54, 1.807) is 0 Å². The number of hydrogen-bond acceptors (Lipinski definition) is 3. The Kier molecular flexibility index (Phi) is 7.66. The second-order valence-corrected chi connectivity index (χ2v) is 7.35. The molecule has 0 unspecified atom stereocenters. The van der Waals surface area contributed by atoms with Crippen molar-refractivity contribution in [2.24, 2.45) is 5.92 Å². The molecule has 1 aromatic rings. The van der Waals surface area contributed by atoms with E-state index in [2.05, 4.69) is 55.3 Å². The van der Waals surface area contributed by atoms with E-state index in [1.165, 1.54) is 31.5 Å². The molecule has 2 aliphatic rings. The highest BCUT2D eigenvalue weighted by Gasteiger charge is 2.36. The maximum absolute atomic E-state index is 5.93. The lowest BCUT2D eigenvalue weighted by Gasteiger charge is -2.35. The summed E-state index contributed by atoms with van der Waals surface area (Å²) in [4.78, 5) is 2.66. The Balaban J connectivity index is 0.00000132. The van der Waals surface area contributed by atoms with Crippen molar-refractivity contribution < 1.29 is 4.74 Å². The van der Waals surface area contributed by atoms with Crippen molar-refractivity contribution in [3.05, 3.63) is 29.8 Å². The molecule has 1 saturated carbocycles. The molecule has 132 valence electrons. The van der Waals surface area contributed by atoms with Crippen LogP contribution in [-0.2, 0) is 0 Å². The summed E-state index contributed by atoms with van der Waals surface area (Å²) < 4.78 is 5.93. The highest BCUT2D eigenvalue weighted by Crippen LogP contribution is 2.44. The van der Waals surface area contributed by atoms with Gasteiger partial charge in [0.1, 0.15) is 11.4 Å². The van der Waals surface area contributed by atoms with Crippen molar-refractivity contribution >= 4 is 24.8 Å². The fraction of sp³-hybridized carbons (Fsp3) is 0.667. The first-order valence-corrected chi connectivity index (χ1v) is 8.27. The van der Waals surface area contributed by atoms with Gasteiger partial charge in [-0.25, -0.2) is 0 Å². The lowest BCUT2D eigenvalue weighted by molar-refractivity contribution is 0.130. The number of ether oxygens (including phenoxy) is 1. The normalized spacial score (nSPS) is 20.1. The number of hydrogen-bond donors (Lipinski definition) is 1. The number of benzene rings is 1. The monoisotopic (exact) mass is 360 g/mol. The van der Waals surface area contributed by atoms with E-state index >= 15 is 0 Å². The van der Waals surface area contributed by atoms with Gasteiger partial charge >= 0.3 is 0 Å². The Morgan fingerprint density at radius 1 is 1.04 bits per heavy atom. The Morgan fingerprint density at radius 3 is 2.09 bits per heavy atom. The standard InChI is InChI=1S/C18H28N2O.2ClH/c1-18(2,3)21-16-8-6-15(7-9-16)17(14-4-5-14)20-12-10-19-11-13-20;;/h6-9,14,17,19H,4-5,10-13H2,1-3H3;2*1H/t17-;;/m1../s1. The number of piperazine rings is 1. The first kappa shape index (κ1) is 20.6. The van der Waals surface area contributed by atoms with Crippen LogP contribution in [0.3, 0.4) is 0 Å². The van der Waals surface area contributed by atoms with Gasteiger partial charge in [-0.05, 0) is 57.2 Å². The van der Waals surface area contributed by atoms with Crippen LogP contribution in [0.4, 0.5) is 0 Å². The number of nitrogens with one attached hydrogen (secondary N) is 1. The molecule has 0 bridgehead atoms. The van der Waals surface area contributed by atoms with E-state index < -0.39 is 0 Å². The molecule has 0 spiro atoms. The maximum atomic E-state index is 5.93. The van der Waals surface area contributed by atoms with Crippen LogP contribution in [0.2, 0.25) is 0 Å². The first-order valence-electron chi connectivity index (χ1n) is 8.27. The van der Waals surface area contributed by atoms with E-state index in [4.69, 9.17) is 4.74 Å². The molecule has 0 amide bonds. The van der Waals surface area contributed by atoms with Gasteiger partial charge in [-0.15, -0.1) is 24.8 Å². The number of rotatable bonds is 4. The molecular weight excluding hydrogens is 331 g/mol. The van der Waals surface area contributed by atoms with Crippen LogP contribution in [0.1, 0.15) is 45.2 Å². The number of nitrogens with zero attached hydrogens (tertiary/aromatic N) is 1. The van der Waals surface area contributed by atoms with Crippen molar-refractivity contribution in [2.45, 2.75) is 45.3 Å². The zero-order valence-corrected chi connectivity index (χ0v) is 16.0. The largest absolute Gasteiger partial charge is 0.488 e. The average molecular weight is 361 g/mol. The molecule has 1 aliphatic heterocycles. The maximum Gasteiger partial charge on any atom is 0.120 e. The van der Waals surface area contributed by atoms with Gasteiger partial charge in [-0.2, -0.15) is 0 Å². The summed E-state index contributed by atoms with van der Waals surface area (Å²) in [5.41, 5.74) is 1.33. The van der Waals surface area contributed by atoms with Crippen molar-refractivity contribution in [1.29, 1.82) is 0 Å². The first-order chi connectivity index (χ1) is 10.0. The molecule has 1 atom stereocenters. The van der Waals surface area contributed by atoms with Crippen LogP contribution in [0, 0.1) is 5.92 Å². The summed E-state index contributed by atoms with van der Waals surface area (Å²) in [6.45, 7) is 10.9. The Hall–Kier alpha value is -0.480. The molecule has 2 fully saturated rings. The Labute approximate surface area is 153 Å². The molecule has 1 N–H and O–H groups in total. The van der Waals surface area contributed by atoms with Crippen LogP contribution >= 0.6 is 24.8 Å². The van der Waals surface area contributed by atoms with E-state index in [9.17, 15) is 0 Å². The summed E-state index contributed by atoms with van der Waals surface area (Å²) in [7, 11) is 0. The lowest BCUT2D eigenvalue weighted by Crippen LogP contribution is -2.45. The van der Waals surface area contributed by atoms with Crippen molar-refractivity contribution in [3.8, 4) is 5.75 Å². The van der Waals surface area contributed by atoms with Gasteiger partial charge in [0.05, 0.1) is 0 Å². The van der Waals surface area contributed by atoms with Gasteiger partial charge in [0.15, 0.2) is 0 Å². The smallest absolute Gasteiger partial charge is 0.120 e. The number of halogens is 2. The minimum Gasteiger partial charge on any atom is -0.488 e. The minimum atomic E-state index is -0.129. The zero-order chi connectivity index (χ0) is 14.9. The Morgan fingerprint density at radius 2 is 1.61 bits per heavy atom. The van der Waals surface area contributed by atoms with Crippen LogP contribution < -0.4 is 10.1 Å². The highest BCUT2D eigenvalue weighted by molar-refractivity contribution is 5.85. The van der Waals surface area contributed by atoms with E-state index in [1.807, 2.05) is 0 Å². The van der Waals surface area contributed by atoms with Crippen molar-refractivity contribution in [3.63, 3.8) is 0 Å². The lowest BCUT2D eigenvalue weighted by atomic mass is 9.99. The van der Waals surface area contributed by atoms with Crippen LogP contribution in [0.15, 0.2) is 24.3 Å². The Bertz CT molecular complexity index is 463. The van der Waals surface area contributed by atoms with Crippen LogP contribution in [0.25, 0.3) is 0 Å². The predicted octanol–water partition coefficient (Wildman–Crippen LogP) is 4.06. The molecule has 1 heterocycles. The molecule has 3 rings (SSSR count). The van der Waals surface area contributed by atoms with Gasteiger partial charge in [-0.3, -0.25) is 4.90 Å². The van der Waals surface area contributed by atoms with Crippen LogP contribution in [-0.4, -0.2) is 36.7 Å². The van der Waals surface area contributed by atoms with E-state index in [-0.39, 0.29) is 30.4 Å². The van der Waals surface area contributed by atoms with Crippen LogP contribution in [0.5, 0.6) is 5.75 Å². The van der Waals surface area contributed by atoms with E-state index in [0.717, 1.165) is 24.8 Å². The predicted molar refractivity (Wildman–Crippen MR) is 101 cm³/mol.